The average Bonchev–Trinajstić information content (AvgIpc) is 0. The Labute approximate surface area is 87.1 Å². The first-order valence-electron chi connectivity index (χ1n) is 0. The fourth-order valence-electron chi connectivity index (χ4n) is 0. The molecule has 0 spiro atoms. The third-order valence-corrected chi connectivity index (χ3v) is 0. The van der Waals surface area contributed by atoms with E-state index in [0.29, 0.717) is 0 Å². The zero-order valence-electron chi connectivity index (χ0n) is 6.41. The van der Waals surface area contributed by atoms with Gasteiger partial charge in [0, 0.05) is 0 Å². The minimum absolute atomic E-state index is 0. The molecule has 0 amide bonds. The molecule has 0 rings (SSSR count). The van der Waals surface area contributed by atoms with Crippen LogP contribution in [-0.2, 0) is 0 Å². The fraction of sp³-hybridized carbons (Fsp3) is 0. The van der Waals surface area contributed by atoms with Crippen LogP contribution in [0.4, 0.5) is 0 Å². The molecule has 0 aliphatic rings. The molecule has 0 heterocycles. The Morgan fingerprint density at radius 1 is 1.00 bits per heavy atom. The second kappa shape index (κ2) is 18.7. The first kappa shape index (κ1) is 33.9. The summed E-state index contributed by atoms with van der Waals surface area (Å²) < 4.78 is 0. The monoisotopic (exact) mass is 202 g/mol. The van der Waals surface area contributed by atoms with Crippen molar-refractivity contribution in [3.63, 3.8) is 0 Å². The van der Waals surface area contributed by atoms with Gasteiger partial charge in [-0.05, 0) is 0 Å². The van der Waals surface area contributed by atoms with Crippen LogP contribution in [0, 0.1) is 0 Å². The Morgan fingerprint density at radius 2 is 1.00 bits per heavy atom. The second-order valence-corrected chi connectivity index (χ2v) is 0. The summed E-state index contributed by atoms with van der Waals surface area (Å²) in [5.41, 5.74) is 0. The number of hydrogen-bond acceptors (Lipinski definition) is 0. The molecule has 0 aromatic carbocycles. The summed E-state index contributed by atoms with van der Waals surface area (Å²) in [6.45, 7) is 0. The van der Waals surface area contributed by atoms with E-state index in [0.717, 1.165) is 0 Å². The van der Waals surface area contributed by atoms with Crippen molar-refractivity contribution in [1.82, 2.24) is 0 Å². The van der Waals surface area contributed by atoms with Gasteiger partial charge in [-0.25, -0.2) is 0 Å². The van der Waals surface area contributed by atoms with E-state index < -0.39 is 0 Å². The van der Waals surface area contributed by atoms with Crippen molar-refractivity contribution in [3.05, 3.63) is 0 Å². The predicted molar refractivity (Wildman–Crippen MR) is 23.2 cm³/mol. The molecule has 0 aromatic rings. The number of hydrogen-bond donors (Lipinski definition) is 0. The van der Waals surface area contributed by atoms with Crippen LogP contribution in [0.15, 0.2) is 0 Å². The fourth-order valence-corrected chi connectivity index (χ4v) is 0. The summed E-state index contributed by atoms with van der Waals surface area (Å²) in [7, 11) is 0. The summed E-state index contributed by atoms with van der Waals surface area (Å²) in [6, 6.07) is 0. The van der Waals surface area contributed by atoms with Crippen LogP contribution in [0.25, 0.3) is 0 Å². The Hall–Kier alpha value is 2.26. The number of rotatable bonds is 0. The first-order chi connectivity index (χ1) is 0. The molecule has 4 N–H and O–H groups in total. The molecule has 0 atom stereocenters. The zero-order chi connectivity index (χ0) is 0. The zero-order valence-corrected chi connectivity index (χ0v) is 8.27. The molecule has 0 aliphatic heterocycles. The van der Waals surface area contributed by atoms with Crippen LogP contribution in [0.2, 0.25) is 0 Å². The molecule has 0 unspecified atom stereocenters. The average molecular weight is 202 g/mol. The minimum atomic E-state index is 0. The Balaban J connectivity index is 0. The molecule has 24 valence electrons. The van der Waals surface area contributed by atoms with Crippen LogP contribution in [0.5, 0.6) is 0 Å². The standard InChI is InChI=1S/Ba.Mg.2H2O.4H/h;;2*1H2;;;;/q2*+2;;;4*-1. The van der Waals surface area contributed by atoms with Crippen molar-refractivity contribution in [1.29, 1.82) is 0 Å². The predicted octanol–water partition coefficient (Wildman–Crippen LogP) is -1.96. The molecule has 0 saturated heterocycles. The Morgan fingerprint density at radius 3 is 1.00 bits per heavy atom. The molecule has 4 heavy (non-hydrogen) atoms. The van der Waals surface area contributed by atoms with Gasteiger partial charge in [0.15, 0.2) is 0 Å². The van der Waals surface area contributed by atoms with Gasteiger partial charge in [0.2, 0.25) is 0 Å². The summed E-state index contributed by atoms with van der Waals surface area (Å²) in [6.07, 6.45) is 0. The summed E-state index contributed by atoms with van der Waals surface area (Å²) >= 11 is 0. The van der Waals surface area contributed by atoms with Crippen LogP contribution < -0.4 is 0 Å². The maximum Gasteiger partial charge on any atom is 2.00 e. The SMILES string of the molecule is O.O.[Ba+2].[H-].[H-].[H-].[H-].[Mg+2]. The third-order valence-electron chi connectivity index (χ3n) is 0. The van der Waals surface area contributed by atoms with Gasteiger partial charge < -0.3 is 16.7 Å². The van der Waals surface area contributed by atoms with Gasteiger partial charge in [-0.1, -0.05) is 0 Å². The second-order valence-electron chi connectivity index (χ2n) is 0. The van der Waals surface area contributed by atoms with Gasteiger partial charge in [0.25, 0.3) is 0 Å². The topological polar surface area (TPSA) is 63.0 Å². The molecule has 0 radical (unpaired) electrons. The van der Waals surface area contributed by atoms with E-state index in [4.69, 9.17) is 0 Å². The molecule has 0 fully saturated rings. The van der Waals surface area contributed by atoms with Crippen LogP contribution in [-0.4, -0.2) is 82.9 Å². The molecular weight excluding hydrogens is 194 g/mol. The van der Waals surface area contributed by atoms with Gasteiger partial charge in [-0.2, -0.15) is 0 Å². The summed E-state index contributed by atoms with van der Waals surface area (Å²) in [4.78, 5) is 0. The normalized spacial score (nSPS) is 0. The van der Waals surface area contributed by atoms with Crippen molar-refractivity contribution in [2.24, 2.45) is 0 Å². The Bertz CT molecular complexity index is 14.0. The molecule has 0 saturated carbocycles. The maximum absolute atomic E-state index is 0. The van der Waals surface area contributed by atoms with Gasteiger partial charge in [0.05, 0.1) is 0 Å². The summed E-state index contributed by atoms with van der Waals surface area (Å²) in [5.74, 6) is 0. The smallest absolute Gasteiger partial charge is 1.00 e. The quantitative estimate of drug-likeness (QED) is 0.409. The van der Waals surface area contributed by atoms with Crippen molar-refractivity contribution in [3.8, 4) is 0 Å². The van der Waals surface area contributed by atoms with E-state index in [-0.39, 0.29) is 88.6 Å². The minimum Gasteiger partial charge on any atom is -1.00 e. The van der Waals surface area contributed by atoms with Gasteiger partial charge in [-0.3, -0.25) is 0 Å². The molecule has 4 heteroatoms. The maximum atomic E-state index is 0. The van der Waals surface area contributed by atoms with E-state index in [2.05, 4.69) is 0 Å². The van der Waals surface area contributed by atoms with Crippen molar-refractivity contribution in [2.45, 2.75) is 0 Å². The summed E-state index contributed by atoms with van der Waals surface area (Å²) in [5, 5.41) is 0. The van der Waals surface area contributed by atoms with Gasteiger partial charge in [0.1, 0.15) is 0 Å². The van der Waals surface area contributed by atoms with Crippen LogP contribution in [0.1, 0.15) is 5.71 Å². The molecular formula is H8BaMgO2. The van der Waals surface area contributed by atoms with Crippen molar-refractivity contribution >= 4 is 71.9 Å². The van der Waals surface area contributed by atoms with Gasteiger partial charge >= 0.3 is 71.9 Å². The third kappa shape index (κ3) is 8.86. The van der Waals surface area contributed by atoms with Crippen molar-refractivity contribution < 1.29 is 16.7 Å². The largest absolute Gasteiger partial charge is 2.00 e. The van der Waals surface area contributed by atoms with Crippen LogP contribution in [0.3, 0.4) is 0 Å². The van der Waals surface area contributed by atoms with Crippen LogP contribution >= 0.6 is 0 Å². The van der Waals surface area contributed by atoms with E-state index in [9.17, 15) is 0 Å². The molecule has 0 aromatic heterocycles. The molecule has 0 aliphatic carbocycles. The van der Waals surface area contributed by atoms with E-state index >= 15 is 0 Å². The Kier molecular flexibility index (Phi) is 159. The van der Waals surface area contributed by atoms with E-state index in [1.165, 1.54) is 0 Å². The molecule has 2 nitrogen and oxygen atoms in total. The van der Waals surface area contributed by atoms with E-state index in [1.807, 2.05) is 0 Å². The first-order valence-corrected chi connectivity index (χ1v) is 0. The van der Waals surface area contributed by atoms with Gasteiger partial charge in [-0.15, -0.1) is 0 Å². The molecule has 0 bridgehead atoms. The van der Waals surface area contributed by atoms with E-state index in [1.54, 1.807) is 0 Å². The van der Waals surface area contributed by atoms with Crippen molar-refractivity contribution in [2.75, 3.05) is 0 Å².